The van der Waals surface area contributed by atoms with E-state index < -0.39 is 0 Å². The SMILES string of the molecule is CC.Sc1cccc(S)c1. The van der Waals surface area contributed by atoms with Crippen LogP contribution in [0.3, 0.4) is 0 Å². The maximum atomic E-state index is 4.11. The van der Waals surface area contributed by atoms with Gasteiger partial charge in [-0.1, -0.05) is 19.9 Å². The normalized spacial score (nSPS) is 8.00. The zero-order valence-electron chi connectivity index (χ0n) is 6.20. The highest BCUT2D eigenvalue weighted by Gasteiger charge is 1.82. The first-order valence-corrected chi connectivity index (χ1v) is 4.16. The number of hydrogen-bond acceptors (Lipinski definition) is 2. The van der Waals surface area contributed by atoms with E-state index >= 15 is 0 Å². The summed E-state index contributed by atoms with van der Waals surface area (Å²) < 4.78 is 0. The van der Waals surface area contributed by atoms with Crippen molar-refractivity contribution in [3.05, 3.63) is 24.3 Å². The van der Waals surface area contributed by atoms with Crippen molar-refractivity contribution < 1.29 is 0 Å². The molecule has 0 aliphatic rings. The fraction of sp³-hybridized carbons (Fsp3) is 0.250. The molecule has 0 amide bonds. The number of rotatable bonds is 0. The van der Waals surface area contributed by atoms with Gasteiger partial charge in [-0.3, -0.25) is 0 Å². The second kappa shape index (κ2) is 5.69. The average Bonchev–Trinajstić information content (AvgIpc) is 1.91. The molecule has 0 atom stereocenters. The van der Waals surface area contributed by atoms with Gasteiger partial charge in [-0.2, -0.15) is 0 Å². The van der Waals surface area contributed by atoms with Crippen molar-refractivity contribution in [3.63, 3.8) is 0 Å². The fourth-order valence-electron chi connectivity index (χ4n) is 0.493. The summed E-state index contributed by atoms with van der Waals surface area (Å²) in [6.45, 7) is 4.00. The third-order valence-corrected chi connectivity index (χ3v) is 1.39. The third-order valence-electron chi connectivity index (χ3n) is 0.830. The van der Waals surface area contributed by atoms with Gasteiger partial charge in [0.25, 0.3) is 0 Å². The molecule has 0 aliphatic heterocycles. The molecule has 0 heterocycles. The maximum absolute atomic E-state index is 4.11. The number of thiol groups is 2. The van der Waals surface area contributed by atoms with Gasteiger partial charge in [0.15, 0.2) is 0 Å². The summed E-state index contributed by atoms with van der Waals surface area (Å²) in [7, 11) is 0. The second-order valence-corrected chi connectivity index (χ2v) is 2.55. The molecule has 10 heavy (non-hydrogen) atoms. The molecular formula is C8H12S2. The Labute approximate surface area is 73.5 Å². The molecule has 0 nitrogen and oxygen atoms in total. The van der Waals surface area contributed by atoms with E-state index in [1.165, 1.54) is 0 Å². The zero-order valence-corrected chi connectivity index (χ0v) is 7.99. The second-order valence-electron chi connectivity index (χ2n) is 1.52. The van der Waals surface area contributed by atoms with E-state index in [-0.39, 0.29) is 0 Å². The molecule has 1 aromatic rings. The van der Waals surface area contributed by atoms with Gasteiger partial charge in [0.05, 0.1) is 0 Å². The van der Waals surface area contributed by atoms with Gasteiger partial charge in [-0.15, -0.1) is 25.3 Å². The Hall–Kier alpha value is -0.0800. The molecule has 0 fully saturated rings. The van der Waals surface area contributed by atoms with Crippen molar-refractivity contribution in [2.24, 2.45) is 0 Å². The Morgan fingerprint density at radius 3 is 1.60 bits per heavy atom. The van der Waals surface area contributed by atoms with Crippen LogP contribution in [0.1, 0.15) is 13.8 Å². The highest BCUT2D eigenvalue weighted by Crippen LogP contribution is 2.10. The van der Waals surface area contributed by atoms with E-state index in [2.05, 4.69) is 25.3 Å². The molecule has 1 aromatic carbocycles. The minimum absolute atomic E-state index is 0.956. The van der Waals surface area contributed by atoms with Gasteiger partial charge in [0.2, 0.25) is 0 Å². The Balaban J connectivity index is 0.000000371. The predicted molar refractivity (Wildman–Crippen MR) is 52.3 cm³/mol. The third kappa shape index (κ3) is 3.85. The van der Waals surface area contributed by atoms with Crippen LogP contribution in [-0.2, 0) is 0 Å². The maximum Gasteiger partial charge on any atom is 0.00510 e. The molecule has 0 N–H and O–H groups in total. The van der Waals surface area contributed by atoms with Gasteiger partial charge < -0.3 is 0 Å². The molecule has 0 saturated carbocycles. The lowest BCUT2D eigenvalue weighted by Crippen LogP contribution is -1.63. The lowest BCUT2D eigenvalue weighted by molar-refractivity contribution is 1.35. The summed E-state index contributed by atoms with van der Waals surface area (Å²) in [5, 5.41) is 0. The molecule has 0 radical (unpaired) electrons. The van der Waals surface area contributed by atoms with Crippen LogP contribution < -0.4 is 0 Å². The Morgan fingerprint density at radius 2 is 1.40 bits per heavy atom. The summed E-state index contributed by atoms with van der Waals surface area (Å²) in [4.78, 5) is 1.91. The van der Waals surface area contributed by atoms with Gasteiger partial charge in [-0.05, 0) is 18.2 Å². The topological polar surface area (TPSA) is 0 Å². The van der Waals surface area contributed by atoms with Crippen LogP contribution in [0.5, 0.6) is 0 Å². The van der Waals surface area contributed by atoms with Gasteiger partial charge in [0, 0.05) is 9.79 Å². The van der Waals surface area contributed by atoms with Crippen LogP contribution in [0, 0.1) is 0 Å². The van der Waals surface area contributed by atoms with Crippen LogP contribution in [0.4, 0.5) is 0 Å². The average molecular weight is 172 g/mol. The van der Waals surface area contributed by atoms with Crippen LogP contribution in [-0.4, -0.2) is 0 Å². The zero-order chi connectivity index (χ0) is 7.98. The van der Waals surface area contributed by atoms with Gasteiger partial charge in [0.1, 0.15) is 0 Å². The quantitative estimate of drug-likeness (QED) is 0.551. The van der Waals surface area contributed by atoms with Crippen molar-refractivity contribution in [3.8, 4) is 0 Å². The smallest absolute Gasteiger partial charge is 0.00510 e. The summed E-state index contributed by atoms with van der Waals surface area (Å²) >= 11 is 8.21. The van der Waals surface area contributed by atoms with Crippen molar-refractivity contribution >= 4 is 25.3 Å². The minimum Gasteiger partial charge on any atom is -0.143 e. The highest BCUT2D eigenvalue weighted by molar-refractivity contribution is 7.81. The van der Waals surface area contributed by atoms with Crippen LogP contribution in [0.25, 0.3) is 0 Å². The van der Waals surface area contributed by atoms with Crippen molar-refractivity contribution in [1.82, 2.24) is 0 Å². The molecule has 0 unspecified atom stereocenters. The summed E-state index contributed by atoms with van der Waals surface area (Å²) in [5.74, 6) is 0. The molecule has 0 aliphatic carbocycles. The first kappa shape index (κ1) is 9.92. The number of hydrogen-bond donors (Lipinski definition) is 2. The van der Waals surface area contributed by atoms with E-state index in [9.17, 15) is 0 Å². The molecule has 0 spiro atoms. The molecule has 1 rings (SSSR count). The van der Waals surface area contributed by atoms with E-state index in [0.717, 1.165) is 9.79 Å². The van der Waals surface area contributed by atoms with Crippen LogP contribution in [0.15, 0.2) is 34.1 Å². The molecule has 0 aromatic heterocycles. The molecule has 0 saturated heterocycles. The first-order chi connectivity index (χ1) is 4.79. The van der Waals surface area contributed by atoms with Gasteiger partial charge in [-0.25, -0.2) is 0 Å². The monoisotopic (exact) mass is 172 g/mol. The Bertz CT molecular complexity index is 167. The summed E-state index contributed by atoms with van der Waals surface area (Å²) in [6, 6.07) is 7.66. The van der Waals surface area contributed by atoms with Crippen molar-refractivity contribution in [2.45, 2.75) is 23.6 Å². The Morgan fingerprint density at radius 1 is 1.00 bits per heavy atom. The predicted octanol–water partition coefficient (Wildman–Crippen LogP) is 3.29. The van der Waals surface area contributed by atoms with Crippen LogP contribution >= 0.6 is 25.3 Å². The highest BCUT2D eigenvalue weighted by atomic mass is 32.1. The van der Waals surface area contributed by atoms with Crippen molar-refractivity contribution in [1.29, 1.82) is 0 Å². The molecule has 0 bridgehead atoms. The van der Waals surface area contributed by atoms with E-state index in [0.29, 0.717) is 0 Å². The lowest BCUT2D eigenvalue weighted by atomic mass is 10.4. The van der Waals surface area contributed by atoms with E-state index in [1.54, 1.807) is 0 Å². The van der Waals surface area contributed by atoms with Gasteiger partial charge >= 0.3 is 0 Å². The fourth-order valence-corrected chi connectivity index (χ4v) is 1.05. The standard InChI is InChI=1S/C6H6S2.C2H6/c7-5-2-1-3-6(8)4-5;1-2/h1-4,7-8H;1-2H3. The summed E-state index contributed by atoms with van der Waals surface area (Å²) in [6.07, 6.45) is 0. The van der Waals surface area contributed by atoms with E-state index in [1.807, 2.05) is 38.1 Å². The number of benzene rings is 1. The molecule has 2 heteroatoms. The summed E-state index contributed by atoms with van der Waals surface area (Å²) in [5.41, 5.74) is 0. The minimum atomic E-state index is 0.956. The Kier molecular flexibility index (Phi) is 5.64. The molecule has 56 valence electrons. The van der Waals surface area contributed by atoms with E-state index in [4.69, 9.17) is 0 Å². The van der Waals surface area contributed by atoms with Crippen molar-refractivity contribution in [2.75, 3.05) is 0 Å². The molecular weight excluding hydrogens is 160 g/mol. The first-order valence-electron chi connectivity index (χ1n) is 3.27. The van der Waals surface area contributed by atoms with Crippen LogP contribution in [0.2, 0.25) is 0 Å². The largest absolute Gasteiger partial charge is 0.143 e. The lowest BCUT2D eigenvalue weighted by Gasteiger charge is -1.89.